The van der Waals surface area contributed by atoms with Crippen molar-refractivity contribution < 1.29 is 9.53 Å². The molecule has 0 unspecified atom stereocenters. The molecule has 0 bridgehead atoms. The molecule has 1 aromatic carbocycles. The molecular weight excluding hydrogens is 258 g/mol. The number of halogens is 1. The number of ether oxygens (including phenoxy) is 1. The van der Waals surface area contributed by atoms with Crippen LogP contribution in [0.2, 0.25) is 0 Å². The predicted octanol–water partition coefficient (Wildman–Crippen LogP) is 2.13. The maximum absolute atomic E-state index is 11.6. The second-order valence-corrected chi connectivity index (χ2v) is 3.92. The Labute approximate surface area is 97.9 Å². The average Bonchev–Trinajstić information content (AvgIpc) is 2.26. The van der Waals surface area contributed by atoms with E-state index in [9.17, 15) is 4.79 Å². The zero-order valence-corrected chi connectivity index (χ0v) is 10.4. The van der Waals surface area contributed by atoms with Crippen molar-refractivity contribution in [3.63, 3.8) is 0 Å². The van der Waals surface area contributed by atoms with Gasteiger partial charge in [0.2, 0.25) is 0 Å². The van der Waals surface area contributed by atoms with E-state index in [1.165, 1.54) is 0 Å². The van der Waals surface area contributed by atoms with Gasteiger partial charge in [0.25, 0.3) is 5.91 Å². The first-order valence-corrected chi connectivity index (χ1v) is 5.80. The number of methoxy groups -OCH3 is 1. The molecule has 0 fully saturated rings. The fraction of sp³-hybridized carbons (Fsp3) is 0.364. The van der Waals surface area contributed by atoms with Crippen molar-refractivity contribution in [2.75, 3.05) is 19.0 Å². The molecule has 0 aromatic heterocycles. The van der Waals surface area contributed by atoms with Crippen molar-refractivity contribution in [3.05, 3.63) is 29.3 Å². The topological polar surface area (TPSA) is 38.3 Å². The molecule has 1 N–H and O–H groups in total. The van der Waals surface area contributed by atoms with Gasteiger partial charge in [-0.15, -0.1) is 0 Å². The summed E-state index contributed by atoms with van der Waals surface area (Å²) >= 11 is 3.25. The fourth-order valence-electron chi connectivity index (χ4n) is 1.22. The molecule has 0 atom stereocenters. The van der Waals surface area contributed by atoms with E-state index >= 15 is 0 Å². The molecule has 1 amide bonds. The Morgan fingerprint density at radius 3 is 2.87 bits per heavy atom. The molecule has 0 aliphatic carbocycles. The van der Waals surface area contributed by atoms with Crippen LogP contribution in [-0.4, -0.2) is 24.9 Å². The fourth-order valence-corrected chi connectivity index (χ4v) is 1.42. The lowest BCUT2D eigenvalue weighted by molar-refractivity contribution is 0.0956. The van der Waals surface area contributed by atoms with Crippen LogP contribution in [0.4, 0.5) is 0 Å². The minimum Gasteiger partial charge on any atom is -0.496 e. The number of carbonyl (C=O) groups is 1. The number of hydrogen-bond donors (Lipinski definition) is 1. The van der Waals surface area contributed by atoms with Gasteiger partial charge in [-0.3, -0.25) is 4.79 Å². The SMILES string of the molecule is COc1cc(C(=O)NCCBr)ccc1C. The van der Waals surface area contributed by atoms with Crippen molar-refractivity contribution in [3.8, 4) is 5.75 Å². The normalized spacial score (nSPS) is 9.80. The van der Waals surface area contributed by atoms with Crippen LogP contribution >= 0.6 is 15.9 Å². The molecule has 1 rings (SSSR count). The van der Waals surface area contributed by atoms with E-state index in [1.54, 1.807) is 19.2 Å². The van der Waals surface area contributed by atoms with Gasteiger partial charge in [0.15, 0.2) is 0 Å². The van der Waals surface area contributed by atoms with Crippen LogP contribution in [0.5, 0.6) is 5.75 Å². The second kappa shape index (κ2) is 5.75. The summed E-state index contributed by atoms with van der Waals surface area (Å²) in [5, 5.41) is 3.53. The van der Waals surface area contributed by atoms with Gasteiger partial charge in [0, 0.05) is 17.4 Å². The number of carbonyl (C=O) groups excluding carboxylic acids is 1. The smallest absolute Gasteiger partial charge is 0.251 e. The van der Waals surface area contributed by atoms with E-state index in [2.05, 4.69) is 21.2 Å². The molecule has 15 heavy (non-hydrogen) atoms. The molecule has 1 aromatic rings. The van der Waals surface area contributed by atoms with Crippen molar-refractivity contribution >= 4 is 21.8 Å². The van der Waals surface area contributed by atoms with Crippen LogP contribution in [0.15, 0.2) is 18.2 Å². The standard InChI is InChI=1S/C11H14BrNO2/c1-8-3-4-9(7-10(8)15-2)11(14)13-6-5-12/h3-4,7H,5-6H2,1-2H3,(H,13,14). The summed E-state index contributed by atoms with van der Waals surface area (Å²) in [6, 6.07) is 5.42. The largest absolute Gasteiger partial charge is 0.496 e. The van der Waals surface area contributed by atoms with Gasteiger partial charge in [-0.25, -0.2) is 0 Å². The average molecular weight is 272 g/mol. The van der Waals surface area contributed by atoms with Gasteiger partial charge >= 0.3 is 0 Å². The Hall–Kier alpha value is -1.03. The van der Waals surface area contributed by atoms with Gasteiger partial charge < -0.3 is 10.1 Å². The molecule has 0 aliphatic heterocycles. The number of alkyl halides is 1. The van der Waals surface area contributed by atoms with E-state index < -0.39 is 0 Å². The molecule has 0 heterocycles. The highest BCUT2D eigenvalue weighted by molar-refractivity contribution is 9.09. The monoisotopic (exact) mass is 271 g/mol. The zero-order chi connectivity index (χ0) is 11.3. The molecule has 82 valence electrons. The highest BCUT2D eigenvalue weighted by Gasteiger charge is 2.07. The van der Waals surface area contributed by atoms with Crippen LogP contribution in [0, 0.1) is 6.92 Å². The number of hydrogen-bond acceptors (Lipinski definition) is 2. The van der Waals surface area contributed by atoms with Gasteiger partial charge in [0.1, 0.15) is 5.75 Å². The van der Waals surface area contributed by atoms with Crippen LogP contribution in [0.3, 0.4) is 0 Å². The van der Waals surface area contributed by atoms with E-state index in [0.717, 1.165) is 16.6 Å². The Morgan fingerprint density at radius 2 is 2.27 bits per heavy atom. The highest BCUT2D eigenvalue weighted by Crippen LogP contribution is 2.18. The minimum atomic E-state index is -0.0762. The maximum Gasteiger partial charge on any atom is 0.251 e. The van der Waals surface area contributed by atoms with Crippen LogP contribution in [0.1, 0.15) is 15.9 Å². The minimum absolute atomic E-state index is 0.0762. The zero-order valence-electron chi connectivity index (χ0n) is 8.84. The lowest BCUT2D eigenvalue weighted by Crippen LogP contribution is -2.25. The molecule has 3 nitrogen and oxygen atoms in total. The first-order valence-electron chi connectivity index (χ1n) is 4.68. The van der Waals surface area contributed by atoms with Crippen molar-refractivity contribution in [2.45, 2.75) is 6.92 Å². The summed E-state index contributed by atoms with van der Waals surface area (Å²) in [4.78, 5) is 11.6. The molecule has 0 saturated heterocycles. The van der Waals surface area contributed by atoms with Gasteiger partial charge in [0.05, 0.1) is 7.11 Å². The summed E-state index contributed by atoms with van der Waals surface area (Å²) in [5.41, 5.74) is 1.65. The Kier molecular flexibility index (Phi) is 4.62. The Bertz CT molecular complexity index is 352. The Balaban J connectivity index is 2.81. The van der Waals surface area contributed by atoms with Crippen molar-refractivity contribution in [2.24, 2.45) is 0 Å². The summed E-state index contributed by atoms with van der Waals surface area (Å²) < 4.78 is 5.15. The van der Waals surface area contributed by atoms with Crippen LogP contribution in [-0.2, 0) is 0 Å². The number of amides is 1. The van der Waals surface area contributed by atoms with E-state index in [0.29, 0.717) is 12.1 Å². The number of aryl methyl sites for hydroxylation is 1. The van der Waals surface area contributed by atoms with E-state index in [4.69, 9.17) is 4.74 Å². The molecule has 4 heteroatoms. The van der Waals surface area contributed by atoms with Gasteiger partial charge in [-0.1, -0.05) is 22.0 Å². The molecular formula is C11H14BrNO2. The highest BCUT2D eigenvalue weighted by atomic mass is 79.9. The second-order valence-electron chi connectivity index (χ2n) is 3.13. The predicted molar refractivity (Wildman–Crippen MR) is 63.9 cm³/mol. The third kappa shape index (κ3) is 3.23. The summed E-state index contributed by atoms with van der Waals surface area (Å²) in [5.74, 6) is 0.661. The van der Waals surface area contributed by atoms with E-state index in [-0.39, 0.29) is 5.91 Å². The third-order valence-corrected chi connectivity index (χ3v) is 2.45. The maximum atomic E-state index is 11.6. The summed E-state index contributed by atoms with van der Waals surface area (Å²) in [6.45, 7) is 2.56. The third-order valence-electron chi connectivity index (χ3n) is 2.05. The molecule has 0 saturated carbocycles. The number of rotatable bonds is 4. The molecule has 0 spiro atoms. The summed E-state index contributed by atoms with van der Waals surface area (Å²) in [6.07, 6.45) is 0. The quantitative estimate of drug-likeness (QED) is 0.853. The first kappa shape index (κ1) is 12.0. The van der Waals surface area contributed by atoms with E-state index in [1.807, 2.05) is 13.0 Å². The molecule has 0 radical (unpaired) electrons. The van der Waals surface area contributed by atoms with Crippen molar-refractivity contribution in [1.29, 1.82) is 0 Å². The first-order chi connectivity index (χ1) is 7.19. The Morgan fingerprint density at radius 1 is 1.53 bits per heavy atom. The molecule has 0 aliphatic rings. The van der Waals surface area contributed by atoms with Crippen LogP contribution in [0.25, 0.3) is 0 Å². The summed E-state index contributed by atoms with van der Waals surface area (Å²) in [7, 11) is 1.60. The van der Waals surface area contributed by atoms with Gasteiger partial charge in [-0.2, -0.15) is 0 Å². The lowest BCUT2D eigenvalue weighted by atomic mass is 10.1. The number of nitrogens with one attached hydrogen (secondary N) is 1. The van der Waals surface area contributed by atoms with Crippen molar-refractivity contribution in [1.82, 2.24) is 5.32 Å². The van der Waals surface area contributed by atoms with Crippen LogP contribution < -0.4 is 10.1 Å². The lowest BCUT2D eigenvalue weighted by Gasteiger charge is -2.07. The van der Waals surface area contributed by atoms with Gasteiger partial charge in [-0.05, 0) is 24.6 Å². The number of benzene rings is 1.